The van der Waals surface area contributed by atoms with E-state index in [4.69, 9.17) is 0 Å². The van der Waals surface area contributed by atoms with Crippen LogP contribution in [0.1, 0.15) is 15.9 Å². The average Bonchev–Trinajstić information content (AvgIpc) is 3.08. The van der Waals surface area contributed by atoms with E-state index in [1.165, 1.54) is 17.7 Å². The van der Waals surface area contributed by atoms with Crippen molar-refractivity contribution >= 4 is 22.9 Å². The summed E-state index contributed by atoms with van der Waals surface area (Å²) < 4.78 is 0. The fraction of sp³-hybridized carbons (Fsp3) is 0.312. The average molecular weight is 331 g/mol. The number of amides is 1. The van der Waals surface area contributed by atoms with Crippen LogP contribution < -0.4 is 0 Å². The number of carbonyl (C=O) groups excluding carboxylic acids is 1. The molecule has 1 aromatic carbocycles. The molecule has 1 aromatic heterocycles. The van der Waals surface area contributed by atoms with E-state index >= 15 is 0 Å². The highest BCUT2D eigenvalue weighted by Crippen LogP contribution is 2.17. The molecule has 1 aliphatic heterocycles. The predicted molar refractivity (Wildman–Crippen MR) is 88.6 cm³/mol. The predicted octanol–water partition coefficient (Wildman–Crippen LogP) is 2.61. The van der Waals surface area contributed by atoms with Crippen molar-refractivity contribution in [3.05, 3.63) is 62.3 Å². The van der Waals surface area contributed by atoms with Crippen molar-refractivity contribution in [3.63, 3.8) is 0 Å². The van der Waals surface area contributed by atoms with Gasteiger partial charge in [0, 0.05) is 50.4 Å². The van der Waals surface area contributed by atoms with Gasteiger partial charge in [0.05, 0.1) is 4.92 Å². The molecule has 2 aromatic rings. The highest BCUT2D eigenvalue weighted by Gasteiger charge is 2.23. The van der Waals surface area contributed by atoms with E-state index in [-0.39, 0.29) is 11.6 Å². The van der Waals surface area contributed by atoms with Gasteiger partial charge in [-0.2, -0.15) is 11.3 Å². The topological polar surface area (TPSA) is 66.7 Å². The van der Waals surface area contributed by atoms with E-state index in [0.717, 1.165) is 19.6 Å². The number of thiophene rings is 1. The quantitative estimate of drug-likeness (QED) is 0.638. The van der Waals surface area contributed by atoms with Gasteiger partial charge in [0.2, 0.25) is 0 Å². The van der Waals surface area contributed by atoms with Crippen LogP contribution in [-0.2, 0) is 6.54 Å². The molecule has 120 valence electrons. The zero-order chi connectivity index (χ0) is 16.2. The van der Waals surface area contributed by atoms with Crippen molar-refractivity contribution in [2.75, 3.05) is 26.2 Å². The first-order valence-corrected chi connectivity index (χ1v) is 8.35. The van der Waals surface area contributed by atoms with E-state index in [9.17, 15) is 14.9 Å². The summed E-state index contributed by atoms with van der Waals surface area (Å²) in [5.74, 6) is -0.135. The number of nitro groups is 1. The summed E-state index contributed by atoms with van der Waals surface area (Å²) >= 11 is 1.69. The molecule has 1 amide bonds. The van der Waals surface area contributed by atoms with Gasteiger partial charge in [0.25, 0.3) is 11.6 Å². The zero-order valence-corrected chi connectivity index (χ0v) is 13.4. The number of benzene rings is 1. The minimum absolute atomic E-state index is 0.0491. The van der Waals surface area contributed by atoms with Gasteiger partial charge in [0.15, 0.2) is 0 Å². The minimum Gasteiger partial charge on any atom is -0.336 e. The van der Waals surface area contributed by atoms with E-state index < -0.39 is 4.92 Å². The van der Waals surface area contributed by atoms with Gasteiger partial charge in [-0.3, -0.25) is 19.8 Å². The van der Waals surface area contributed by atoms with Crippen LogP contribution in [0.15, 0.2) is 41.1 Å². The summed E-state index contributed by atoms with van der Waals surface area (Å²) in [7, 11) is 0. The maximum atomic E-state index is 12.5. The van der Waals surface area contributed by atoms with Crippen molar-refractivity contribution in [3.8, 4) is 0 Å². The summed E-state index contributed by atoms with van der Waals surface area (Å²) in [4.78, 5) is 26.9. The Bertz CT molecular complexity index is 694. The van der Waals surface area contributed by atoms with Crippen LogP contribution in [0.4, 0.5) is 5.69 Å². The van der Waals surface area contributed by atoms with Crippen LogP contribution in [-0.4, -0.2) is 46.8 Å². The van der Waals surface area contributed by atoms with Crippen molar-refractivity contribution in [1.82, 2.24) is 9.80 Å². The number of piperazine rings is 1. The van der Waals surface area contributed by atoms with E-state index in [2.05, 4.69) is 21.7 Å². The lowest BCUT2D eigenvalue weighted by Gasteiger charge is -2.34. The summed E-state index contributed by atoms with van der Waals surface area (Å²) in [5, 5.41) is 15.0. The lowest BCUT2D eigenvalue weighted by Crippen LogP contribution is -2.48. The molecule has 7 heteroatoms. The molecule has 0 spiro atoms. The van der Waals surface area contributed by atoms with Crippen molar-refractivity contribution in [2.24, 2.45) is 0 Å². The molecule has 0 aliphatic carbocycles. The Kier molecular flexibility index (Phi) is 4.68. The van der Waals surface area contributed by atoms with Crippen molar-refractivity contribution in [1.29, 1.82) is 0 Å². The molecule has 0 radical (unpaired) electrons. The maximum Gasteiger partial charge on any atom is 0.270 e. The molecular formula is C16H17N3O3S. The molecule has 6 nitrogen and oxygen atoms in total. The largest absolute Gasteiger partial charge is 0.336 e. The number of rotatable bonds is 4. The van der Waals surface area contributed by atoms with Crippen LogP contribution in [0.25, 0.3) is 0 Å². The Morgan fingerprint density at radius 1 is 1.22 bits per heavy atom. The fourth-order valence-corrected chi connectivity index (χ4v) is 3.34. The smallest absolute Gasteiger partial charge is 0.270 e. The number of hydrogen-bond donors (Lipinski definition) is 0. The Morgan fingerprint density at radius 3 is 2.65 bits per heavy atom. The molecule has 1 saturated heterocycles. The fourth-order valence-electron chi connectivity index (χ4n) is 2.68. The molecule has 2 heterocycles. The van der Waals surface area contributed by atoms with Crippen molar-refractivity contribution in [2.45, 2.75) is 6.54 Å². The maximum absolute atomic E-state index is 12.5. The number of nitro benzene ring substituents is 1. The lowest BCUT2D eigenvalue weighted by atomic mass is 10.1. The second-order valence-corrected chi connectivity index (χ2v) is 6.29. The summed E-state index contributed by atoms with van der Waals surface area (Å²) in [6.07, 6.45) is 0. The summed E-state index contributed by atoms with van der Waals surface area (Å²) in [6.45, 7) is 3.83. The molecule has 0 atom stereocenters. The second-order valence-electron chi connectivity index (χ2n) is 5.51. The number of carbonyl (C=O) groups is 1. The second kappa shape index (κ2) is 6.89. The molecule has 1 fully saturated rings. The summed E-state index contributed by atoms with van der Waals surface area (Å²) in [5.41, 5.74) is 1.63. The molecular weight excluding hydrogens is 314 g/mol. The zero-order valence-electron chi connectivity index (χ0n) is 12.6. The van der Waals surface area contributed by atoms with Gasteiger partial charge in [0.1, 0.15) is 0 Å². The van der Waals surface area contributed by atoms with Gasteiger partial charge in [-0.25, -0.2) is 0 Å². The molecule has 1 aliphatic rings. The molecule has 23 heavy (non-hydrogen) atoms. The first kappa shape index (κ1) is 15.6. The molecule has 0 saturated carbocycles. The number of hydrogen-bond acceptors (Lipinski definition) is 5. The first-order valence-electron chi connectivity index (χ1n) is 7.40. The molecule has 0 unspecified atom stereocenters. The third-order valence-corrected chi connectivity index (χ3v) is 4.68. The van der Waals surface area contributed by atoms with Crippen LogP contribution in [0, 0.1) is 10.1 Å². The Balaban J connectivity index is 1.60. The molecule has 0 N–H and O–H groups in total. The third-order valence-electron chi connectivity index (χ3n) is 3.95. The van der Waals surface area contributed by atoms with Crippen LogP contribution in [0.3, 0.4) is 0 Å². The SMILES string of the molecule is O=C(c1cccc([N+](=O)[O-])c1)N1CCN(Cc2ccsc2)CC1. The van der Waals surface area contributed by atoms with E-state index in [1.54, 1.807) is 28.4 Å². The highest BCUT2D eigenvalue weighted by molar-refractivity contribution is 7.07. The number of nitrogens with zero attached hydrogens (tertiary/aromatic N) is 3. The van der Waals surface area contributed by atoms with Gasteiger partial charge in [-0.15, -0.1) is 0 Å². The highest BCUT2D eigenvalue weighted by atomic mass is 32.1. The minimum atomic E-state index is -0.477. The molecule has 0 bridgehead atoms. The number of non-ortho nitro benzene ring substituents is 1. The Hall–Kier alpha value is -2.25. The van der Waals surface area contributed by atoms with Crippen molar-refractivity contribution < 1.29 is 9.72 Å². The monoisotopic (exact) mass is 331 g/mol. The van der Waals surface area contributed by atoms with Crippen LogP contribution in [0.2, 0.25) is 0 Å². The van der Waals surface area contributed by atoms with Gasteiger partial charge in [-0.05, 0) is 28.5 Å². The Morgan fingerprint density at radius 2 is 2.00 bits per heavy atom. The summed E-state index contributed by atoms with van der Waals surface area (Å²) in [6, 6.07) is 8.05. The Labute approximate surface area is 138 Å². The first-order chi connectivity index (χ1) is 11.1. The molecule has 3 rings (SSSR count). The van der Waals surface area contributed by atoms with Crippen LogP contribution >= 0.6 is 11.3 Å². The van der Waals surface area contributed by atoms with E-state index in [1.807, 2.05) is 0 Å². The third kappa shape index (κ3) is 3.75. The lowest BCUT2D eigenvalue weighted by molar-refractivity contribution is -0.384. The van der Waals surface area contributed by atoms with Gasteiger partial charge < -0.3 is 4.90 Å². The van der Waals surface area contributed by atoms with E-state index in [0.29, 0.717) is 18.7 Å². The van der Waals surface area contributed by atoms with Crippen LogP contribution in [0.5, 0.6) is 0 Å². The van der Waals surface area contributed by atoms with Gasteiger partial charge >= 0.3 is 0 Å². The normalized spacial score (nSPS) is 15.6. The van der Waals surface area contributed by atoms with Gasteiger partial charge in [-0.1, -0.05) is 6.07 Å². The standard InChI is InChI=1S/C16H17N3O3S/c20-16(14-2-1-3-15(10-14)19(21)22)18-7-5-17(6-8-18)11-13-4-9-23-12-13/h1-4,9-10,12H,5-8,11H2.